The summed E-state index contributed by atoms with van der Waals surface area (Å²) in [7, 11) is -3.12. The monoisotopic (exact) mass is 160 g/mol. The lowest BCUT2D eigenvalue weighted by atomic mass is 11.0. The Balaban J connectivity index is 3.09. The molecule has 1 heterocycles. The number of rotatable bonds is 2. The Morgan fingerprint density at radius 1 is 1.70 bits per heavy atom. The van der Waals surface area contributed by atoms with Gasteiger partial charge in [-0.2, -0.15) is 0 Å². The highest BCUT2D eigenvalue weighted by Crippen LogP contribution is 2.01. The van der Waals surface area contributed by atoms with Crippen molar-refractivity contribution in [2.75, 3.05) is 5.75 Å². The van der Waals surface area contributed by atoms with E-state index in [2.05, 4.69) is 9.97 Å². The number of hydrogen-bond donors (Lipinski definition) is 1. The minimum atomic E-state index is -3.12. The maximum Gasteiger partial charge on any atom is 0.224 e. The molecule has 0 spiro atoms. The lowest BCUT2D eigenvalue weighted by Gasteiger charge is -1.92. The van der Waals surface area contributed by atoms with Crippen LogP contribution in [0.5, 0.6) is 0 Å². The molecule has 0 aliphatic carbocycles. The number of imidazole rings is 1. The molecule has 0 atom stereocenters. The van der Waals surface area contributed by atoms with Crippen molar-refractivity contribution in [2.45, 2.75) is 12.1 Å². The molecule has 0 aliphatic rings. The number of aromatic nitrogens is 2. The average Bonchev–Trinajstić information content (AvgIpc) is 2.38. The maximum atomic E-state index is 11.0. The van der Waals surface area contributed by atoms with E-state index in [1.807, 2.05) is 0 Å². The van der Waals surface area contributed by atoms with Crippen molar-refractivity contribution in [1.82, 2.24) is 9.97 Å². The van der Waals surface area contributed by atoms with Gasteiger partial charge in [-0.1, -0.05) is 6.92 Å². The first-order valence-corrected chi connectivity index (χ1v) is 4.54. The highest BCUT2D eigenvalue weighted by atomic mass is 32.2. The third kappa shape index (κ3) is 1.18. The molecule has 0 aromatic carbocycles. The van der Waals surface area contributed by atoms with E-state index >= 15 is 0 Å². The fourth-order valence-electron chi connectivity index (χ4n) is 0.558. The molecule has 0 unspecified atom stereocenters. The van der Waals surface area contributed by atoms with Gasteiger partial charge in [-0.15, -0.1) is 0 Å². The third-order valence-electron chi connectivity index (χ3n) is 1.15. The van der Waals surface area contributed by atoms with Crippen LogP contribution in [-0.2, 0) is 9.84 Å². The van der Waals surface area contributed by atoms with Gasteiger partial charge in [0, 0.05) is 12.4 Å². The first kappa shape index (κ1) is 7.27. The maximum absolute atomic E-state index is 11.0. The summed E-state index contributed by atoms with van der Waals surface area (Å²) < 4.78 is 21.9. The highest BCUT2D eigenvalue weighted by molar-refractivity contribution is 7.91. The van der Waals surface area contributed by atoms with E-state index < -0.39 is 9.84 Å². The van der Waals surface area contributed by atoms with Crippen molar-refractivity contribution in [2.24, 2.45) is 0 Å². The molecule has 0 aliphatic heterocycles. The van der Waals surface area contributed by atoms with Gasteiger partial charge in [-0.05, 0) is 0 Å². The van der Waals surface area contributed by atoms with Crippen LogP contribution >= 0.6 is 0 Å². The molecule has 0 bridgehead atoms. The number of hydrogen-bond acceptors (Lipinski definition) is 3. The quantitative estimate of drug-likeness (QED) is 0.672. The van der Waals surface area contributed by atoms with Crippen LogP contribution in [0.3, 0.4) is 0 Å². The summed E-state index contributed by atoms with van der Waals surface area (Å²) in [5.41, 5.74) is 0. The number of H-pyrrole nitrogens is 1. The van der Waals surface area contributed by atoms with Crippen LogP contribution in [0.15, 0.2) is 17.6 Å². The predicted octanol–water partition coefficient (Wildman–Crippen LogP) is 0.203. The molecule has 0 saturated carbocycles. The third-order valence-corrected chi connectivity index (χ3v) is 2.72. The van der Waals surface area contributed by atoms with Crippen LogP contribution in [0.1, 0.15) is 6.92 Å². The molecular formula is C5H8N2O2S. The number of sulfone groups is 1. The van der Waals surface area contributed by atoms with Crippen LogP contribution in [0.4, 0.5) is 0 Å². The van der Waals surface area contributed by atoms with E-state index in [1.165, 1.54) is 12.4 Å². The molecule has 1 aromatic heterocycles. The smallest absolute Gasteiger partial charge is 0.224 e. The Hall–Kier alpha value is -0.840. The summed E-state index contributed by atoms with van der Waals surface area (Å²) in [6, 6.07) is 0. The molecule has 0 saturated heterocycles. The van der Waals surface area contributed by atoms with E-state index in [0.717, 1.165) is 0 Å². The Kier molecular flexibility index (Phi) is 1.76. The van der Waals surface area contributed by atoms with Crippen LogP contribution in [0.25, 0.3) is 0 Å². The average molecular weight is 160 g/mol. The van der Waals surface area contributed by atoms with Gasteiger partial charge in [-0.25, -0.2) is 13.4 Å². The topological polar surface area (TPSA) is 62.8 Å². The van der Waals surface area contributed by atoms with Gasteiger partial charge in [0.1, 0.15) is 0 Å². The summed E-state index contributed by atoms with van der Waals surface area (Å²) in [5.74, 6) is 0.0838. The summed E-state index contributed by atoms with van der Waals surface area (Å²) in [6.07, 6.45) is 2.91. The second-order valence-electron chi connectivity index (χ2n) is 1.80. The zero-order valence-corrected chi connectivity index (χ0v) is 6.35. The van der Waals surface area contributed by atoms with Gasteiger partial charge < -0.3 is 4.98 Å². The Bertz CT molecular complexity index is 287. The largest absolute Gasteiger partial charge is 0.336 e. The molecule has 0 amide bonds. The van der Waals surface area contributed by atoms with Crippen LogP contribution < -0.4 is 0 Å². The van der Waals surface area contributed by atoms with Crippen molar-refractivity contribution in [3.05, 3.63) is 12.4 Å². The van der Waals surface area contributed by atoms with Gasteiger partial charge >= 0.3 is 0 Å². The molecule has 56 valence electrons. The van der Waals surface area contributed by atoms with Gasteiger partial charge in [0.2, 0.25) is 15.0 Å². The molecule has 10 heavy (non-hydrogen) atoms. The fraction of sp³-hybridized carbons (Fsp3) is 0.400. The van der Waals surface area contributed by atoms with Crippen molar-refractivity contribution in [1.29, 1.82) is 0 Å². The van der Waals surface area contributed by atoms with Crippen LogP contribution in [0, 0.1) is 0 Å². The zero-order chi connectivity index (χ0) is 7.61. The first-order chi connectivity index (χ1) is 4.67. The predicted molar refractivity (Wildman–Crippen MR) is 36.3 cm³/mol. The van der Waals surface area contributed by atoms with Gasteiger partial charge in [0.25, 0.3) is 0 Å². The SMILES string of the molecule is CCS(=O)(=O)c1ncc[nH]1. The Labute approximate surface area is 59.2 Å². The van der Waals surface area contributed by atoms with Crippen molar-refractivity contribution in [3.8, 4) is 0 Å². The van der Waals surface area contributed by atoms with Gasteiger partial charge in [0.15, 0.2) is 0 Å². The van der Waals surface area contributed by atoms with Crippen molar-refractivity contribution in [3.63, 3.8) is 0 Å². The van der Waals surface area contributed by atoms with Gasteiger partial charge in [0.05, 0.1) is 5.75 Å². The summed E-state index contributed by atoms with van der Waals surface area (Å²) >= 11 is 0. The van der Waals surface area contributed by atoms with E-state index in [9.17, 15) is 8.42 Å². The molecular weight excluding hydrogens is 152 g/mol. The van der Waals surface area contributed by atoms with E-state index in [4.69, 9.17) is 0 Å². The second-order valence-corrected chi connectivity index (χ2v) is 3.99. The molecule has 0 radical (unpaired) electrons. The zero-order valence-electron chi connectivity index (χ0n) is 5.53. The van der Waals surface area contributed by atoms with E-state index in [0.29, 0.717) is 0 Å². The van der Waals surface area contributed by atoms with E-state index in [-0.39, 0.29) is 10.9 Å². The molecule has 1 aromatic rings. The molecule has 1 rings (SSSR count). The number of aromatic amines is 1. The van der Waals surface area contributed by atoms with Crippen molar-refractivity contribution >= 4 is 9.84 Å². The summed E-state index contributed by atoms with van der Waals surface area (Å²) in [6.45, 7) is 1.58. The Morgan fingerprint density at radius 2 is 2.40 bits per heavy atom. The fourth-order valence-corrected chi connectivity index (χ4v) is 1.30. The lowest BCUT2D eigenvalue weighted by Crippen LogP contribution is -2.05. The van der Waals surface area contributed by atoms with Crippen LogP contribution in [0.2, 0.25) is 0 Å². The number of nitrogens with zero attached hydrogens (tertiary/aromatic N) is 1. The molecule has 1 N–H and O–H groups in total. The molecule has 0 fully saturated rings. The van der Waals surface area contributed by atoms with Crippen LogP contribution in [-0.4, -0.2) is 24.1 Å². The minimum absolute atomic E-state index is 0.0509. The summed E-state index contributed by atoms with van der Waals surface area (Å²) in [5, 5.41) is 0.0509. The number of nitrogens with one attached hydrogen (secondary N) is 1. The Morgan fingerprint density at radius 3 is 2.80 bits per heavy atom. The highest BCUT2D eigenvalue weighted by Gasteiger charge is 2.12. The summed E-state index contributed by atoms with van der Waals surface area (Å²) in [4.78, 5) is 6.14. The minimum Gasteiger partial charge on any atom is -0.336 e. The standard InChI is InChI=1S/C5H8N2O2S/c1-2-10(8,9)5-6-3-4-7-5/h3-4H,2H2,1H3,(H,6,7). The first-order valence-electron chi connectivity index (χ1n) is 2.89. The lowest BCUT2D eigenvalue weighted by molar-refractivity contribution is 0.590. The van der Waals surface area contributed by atoms with Gasteiger partial charge in [-0.3, -0.25) is 0 Å². The normalized spacial score (nSPS) is 11.7. The molecule has 4 nitrogen and oxygen atoms in total. The molecule has 5 heteroatoms. The second kappa shape index (κ2) is 2.42. The van der Waals surface area contributed by atoms with Crippen molar-refractivity contribution < 1.29 is 8.42 Å². The van der Waals surface area contributed by atoms with E-state index in [1.54, 1.807) is 6.92 Å².